The van der Waals surface area contributed by atoms with Crippen LogP contribution in [0.1, 0.15) is 45.7 Å². The Hall–Kier alpha value is -2.12. The number of amides is 2. The summed E-state index contributed by atoms with van der Waals surface area (Å²) in [7, 11) is 0. The minimum atomic E-state index is -0.690. The lowest BCUT2D eigenvalue weighted by Gasteiger charge is -2.21. The van der Waals surface area contributed by atoms with Crippen molar-refractivity contribution in [2.75, 3.05) is 19.8 Å². The third-order valence-electron chi connectivity index (χ3n) is 3.43. The topological polar surface area (TPSA) is 85.9 Å². The number of carbonyl (C=O) groups excluding carboxylic acids is 2. The number of benzene rings is 1. The predicted molar refractivity (Wildman–Crippen MR) is 103 cm³/mol. The summed E-state index contributed by atoms with van der Waals surface area (Å²) in [4.78, 5) is 23.9. The molecule has 0 bridgehead atoms. The molecule has 7 heteroatoms. The number of alkyl carbamates (subject to hydrolysis) is 1. The van der Waals surface area contributed by atoms with Gasteiger partial charge in [-0.3, -0.25) is 4.79 Å². The lowest BCUT2D eigenvalue weighted by molar-refractivity contribution is -0.122. The molecule has 0 saturated carbocycles. The van der Waals surface area contributed by atoms with Crippen LogP contribution in [0.3, 0.4) is 0 Å². The van der Waals surface area contributed by atoms with Gasteiger partial charge in [-0.25, -0.2) is 4.79 Å². The van der Waals surface area contributed by atoms with Crippen LogP contribution < -0.4 is 10.6 Å². The highest BCUT2D eigenvalue weighted by atomic mass is 16.6. The molecule has 1 aromatic carbocycles. The summed E-state index contributed by atoms with van der Waals surface area (Å²) in [5, 5.41) is 5.33. The largest absolute Gasteiger partial charge is 0.444 e. The monoisotopic (exact) mass is 380 g/mol. The van der Waals surface area contributed by atoms with E-state index in [0.717, 1.165) is 11.1 Å². The molecule has 0 fully saturated rings. The van der Waals surface area contributed by atoms with Crippen LogP contribution in [0.25, 0.3) is 0 Å². The van der Waals surface area contributed by atoms with Gasteiger partial charge in [-0.2, -0.15) is 0 Å². The molecule has 1 aromatic rings. The zero-order chi connectivity index (χ0) is 20.3. The zero-order valence-corrected chi connectivity index (χ0v) is 17.0. The van der Waals surface area contributed by atoms with Crippen LogP contribution in [0, 0.1) is 0 Å². The second-order valence-electron chi connectivity index (χ2n) is 7.16. The van der Waals surface area contributed by atoms with Gasteiger partial charge in [-0.1, -0.05) is 24.3 Å². The van der Waals surface area contributed by atoms with E-state index < -0.39 is 17.7 Å². The molecule has 1 rings (SSSR count). The Morgan fingerprint density at radius 2 is 1.78 bits per heavy atom. The molecule has 0 heterocycles. The van der Waals surface area contributed by atoms with Gasteiger partial charge in [0.25, 0.3) is 0 Å². The average molecular weight is 380 g/mol. The number of hydrogen-bond acceptors (Lipinski definition) is 5. The highest BCUT2D eigenvalue weighted by Gasteiger charge is 2.20. The second-order valence-corrected chi connectivity index (χ2v) is 7.16. The number of nitrogens with one attached hydrogen (secondary N) is 2. The number of ether oxygens (including phenoxy) is 3. The molecule has 0 aliphatic carbocycles. The number of carbonyl (C=O) groups is 2. The minimum absolute atomic E-state index is 0.278. The van der Waals surface area contributed by atoms with Crippen molar-refractivity contribution in [2.24, 2.45) is 0 Å². The molecule has 0 radical (unpaired) electrons. The molecule has 0 saturated heterocycles. The number of hydrogen-bond donors (Lipinski definition) is 2. The fourth-order valence-corrected chi connectivity index (χ4v) is 2.17. The quantitative estimate of drug-likeness (QED) is 0.610. The third kappa shape index (κ3) is 10.6. The molecule has 0 unspecified atom stereocenters. The van der Waals surface area contributed by atoms with Crippen molar-refractivity contribution >= 4 is 12.0 Å². The molecule has 27 heavy (non-hydrogen) atoms. The lowest BCUT2D eigenvalue weighted by Crippen LogP contribution is -2.46. The first-order chi connectivity index (χ1) is 12.7. The predicted octanol–water partition coefficient (Wildman–Crippen LogP) is 2.77. The van der Waals surface area contributed by atoms with Gasteiger partial charge >= 0.3 is 6.09 Å². The van der Waals surface area contributed by atoms with E-state index in [-0.39, 0.29) is 5.91 Å². The molecule has 152 valence electrons. The fraction of sp³-hybridized carbons (Fsp3) is 0.600. The van der Waals surface area contributed by atoms with Crippen molar-refractivity contribution in [2.45, 2.75) is 59.4 Å². The molecule has 7 nitrogen and oxygen atoms in total. The minimum Gasteiger partial charge on any atom is -0.444 e. The van der Waals surface area contributed by atoms with Gasteiger partial charge in [0, 0.05) is 13.2 Å². The maximum absolute atomic E-state index is 12.2. The van der Waals surface area contributed by atoms with Gasteiger partial charge in [0.1, 0.15) is 11.6 Å². The molecule has 0 spiro atoms. The Balaban J connectivity index is 2.40. The van der Waals surface area contributed by atoms with E-state index in [1.807, 2.05) is 31.2 Å². The molecular formula is C20H32N2O5. The van der Waals surface area contributed by atoms with Gasteiger partial charge in [0.2, 0.25) is 5.91 Å². The van der Waals surface area contributed by atoms with Crippen molar-refractivity contribution in [1.29, 1.82) is 0 Å². The van der Waals surface area contributed by atoms with E-state index >= 15 is 0 Å². The van der Waals surface area contributed by atoms with Crippen molar-refractivity contribution < 1.29 is 23.8 Å². The Morgan fingerprint density at radius 1 is 1.11 bits per heavy atom. The molecule has 1 atom stereocenters. The summed E-state index contributed by atoms with van der Waals surface area (Å²) in [6.07, 6.45) is -0.614. The SMILES string of the molecule is CCOCCOCc1cccc(CNC(=O)[C@@H](C)NC(=O)OC(C)(C)C)c1. The fourth-order valence-electron chi connectivity index (χ4n) is 2.17. The summed E-state index contributed by atoms with van der Waals surface area (Å²) < 4.78 is 15.9. The van der Waals surface area contributed by atoms with E-state index in [0.29, 0.717) is 33.0 Å². The van der Waals surface area contributed by atoms with Crippen LogP contribution >= 0.6 is 0 Å². The van der Waals surface area contributed by atoms with Gasteiger partial charge in [-0.15, -0.1) is 0 Å². The van der Waals surface area contributed by atoms with E-state index in [9.17, 15) is 9.59 Å². The summed E-state index contributed by atoms with van der Waals surface area (Å²) in [6, 6.07) is 7.11. The molecular weight excluding hydrogens is 348 g/mol. The highest BCUT2D eigenvalue weighted by molar-refractivity contribution is 5.85. The van der Waals surface area contributed by atoms with Gasteiger partial charge in [-0.05, 0) is 45.7 Å². The zero-order valence-electron chi connectivity index (χ0n) is 17.0. The molecule has 2 amide bonds. The standard InChI is InChI=1S/C20H32N2O5/c1-6-25-10-11-26-14-17-9-7-8-16(12-17)13-21-18(23)15(2)22-19(24)27-20(3,4)5/h7-9,12,15H,6,10-11,13-14H2,1-5H3,(H,21,23)(H,22,24)/t15-/m1/s1. The molecule has 0 aliphatic rings. The third-order valence-corrected chi connectivity index (χ3v) is 3.43. The van der Waals surface area contributed by atoms with Crippen LogP contribution in [-0.2, 0) is 32.2 Å². The van der Waals surface area contributed by atoms with Crippen LogP contribution in [0.15, 0.2) is 24.3 Å². The summed E-state index contributed by atoms with van der Waals surface area (Å²) >= 11 is 0. The maximum Gasteiger partial charge on any atom is 0.408 e. The molecule has 0 aromatic heterocycles. The first-order valence-corrected chi connectivity index (χ1v) is 9.22. The summed E-state index contributed by atoms with van der Waals surface area (Å²) in [5.74, 6) is -0.278. The van der Waals surface area contributed by atoms with Gasteiger partial charge in [0.05, 0.1) is 19.8 Å². The molecule has 2 N–H and O–H groups in total. The van der Waals surface area contributed by atoms with Crippen LogP contribution in [0.4, 0.5) is 4.79 Å². The molecule has 0 aliphatic heterocycles. The Bertz CT molecular complexity index is 598. The van der Waals surface area contributed by atoms with Crippen molar-refractivity contribution in [3.05, 3.63) is 35.4 Å². The smallest absolute Gasteiger partial charge is 0.408 e. The van der Waals surface area contributed by atoms with E-state index in [1.54, 1.807) is 27.7 Å². The van der Waals surface area contributed by atoms with Crippen LogP contribution in [-0.4, -0.2) is 43.5 Å². The van der Waals surface area contributed by atoms with Crippen LogP contribution in [0.2, 0.25) is 0 Å². The Morgan fingerprint density at radius 3 is 2.44 bits per heavy atom. The Kier molecular flexibility index (Phi) is 9.82. The first kappa shape index (κ1) is 22.9. The summed E-state index contributed by atoms with van der Waals surface area (Å²) in [6.45, 7) is 11.5. The van der Waals surface area contributed by atoms with Crippen molar-refractivity contribution in [3.63, 3.8) is 0 Å². The first-order valence-electron chi connectivity index (χ1n) is 9.22. The highest BCUT2D eigenvalue weighted by Crippen LogP contribution is 2.08. The van der Waals surface area contributed by atoms with Crippen LogP contribution in [0.5, 0.6) is 0 Å². The van der Waals surface area contributed by atoms with Crippen molar-refractivity contribution in [3.8, 4) is 0 Å². The normalized spacial score (nSPS) is 12.3. The van der Waals surface area contributed by atoms with E-state index in [1.165, 1.54) is 0 Å². The number of rotatable bonds is 10. The van der Waals surface area contributed by atoms with E-state index in [2.05, 4.69) is 10.6 Å². The Labute approximate surface area is 161 Å². The maximum atomic E-state index is 12.2. The van der Waals surface area contributed by atoms with Gasteiger partial charge in [0.15, 0.2) is 0 Å². The van der Waals surface area contributed by atoms with E-state index in [4.69, 9.17) is 14.2 Å². The average Bonchev–Trinajstić information content (AvgIpc) is 2.58. The van der Waals surface area contributed by atoms with Crippen molar-refractivity contribution in [1.82, 2.24) is 10.6 Å². The van der Waals surface area contributed by atoms with Gasteiger partial charge < -0.3 is 24.8 Å². The lowest BCUT2D eigenvalue weighted by atomic mass is 10.1. The summed E-state index contributed by atoms with van der Waals surface area (Å²) in [5.41, 5.74) is 1.38. The second kappa shape index (κ2) is 11.6.